The molecule has 0 amide bonds. The largest absolute Gasteiger partial charge is 0.504 e. The molecule has 1 aromatic heterocycles. The van der Waals surface area contributed by atoms with Gasteiger partial charge in [-0.3, -0.25) is 4.79 Å². The number of methoxy groups -OCH3 is 2. The Morgan fingerprint density at radius 1 is 0.917 bits per heavy atom. The van der Waals surface area contributed by atoms with E-state index in [1.807, 2.05) is 0 Å². The fraction of sp³-hybridized carbons (Fsp3) is 0.154. The van der Waals surface area contributed by atoms with Crippen LogP contribution in [0.4, 0.5) is 0 Å². The summed E-state index contributed by atoms with van der Waals surface area (Å²) in [5, 5.41) is 38.6. The number of hydrogen-bond donors (Lipinski definition) is 4. The zero-order valence-electron chi connectivity index (χ0n) is 19.2. The van der Waals surface area contributed by atoms with Gasteiger partial charge in [0.1, 0.15) is 23.5 Å². The smallest absolute Gasteiger partial charge is 0.347 e. The first-order chi connectivity index (χ1) is 17.2. The van der Waals surface area contributed by atoms with Crippen molar-refractivity contribution in [2.75, 3.05) is 14.2 Å². The zero-order valence-corrected chi connectivity index (χ0v) is 19.2. The minimum absolute atomic E-state index is 0.00717. The lowest BCUT2D eigenvalue weighted by atomic mass is 9.95. The van der Waals surface area contributed by atoms with E-state index in [0.29, 0.717) is 11.1 Å². The van der Waals surface area contributed by atoms with Gasteiger partial charge in [0.05, 0.1) is 7.11 Å². The van der Waals surface area contributed by atoms with Crippen molar-refractivity contribution in [3.63, 3.8) is 0 Å². The van der Waals surface area contributed by atoms with E-state index in [-0.39, 0.29) is 45.6 Å². The van der Waals surface area contributed by atoms with Gasteiger partial charge in [-0.05, 0) is 47.5 Å². The van der Waals surface area contributed by atoms with Crippen LogP contribution < -0.4 is 10.4 Å². The molecule has 0 saturated carbocycles. The van der Waals surface area contributed by atoms with Crippen molar-refractivity contribution in [1.29, 1.82) is 0 Å². The highest BCUT2D eigenvalue weighted by Crippen LogP contribution is 2.46. The number of phenolic OH excluding ortho intramolecular Hbond substituents is 4. The number of aromatic hydroxyl groups is 4. The van der Waals surface area contributed by atoms with Crippen molar-refractivity contribution >= 4 is 29.8 Å². The Labute approximate surface area is 204 Å². The van der Waals surface area contributed by atoms with Crippen LogP contribution in [0.15, 0.2) is 51.7 Å². The van der Waals surface area contributed by atoms with E-state index in [2.05, 4.69) is 0 Å². The van der Waals surface area contributed by atoms with Crippen molar-refractivity contribution in [2.45, 2.75) is 12.2 Å². The van der Waals surface area contributed by atoms with E-state index in [1.165, 1.54) is 62.8 Å². The Kier molecular flexibility index (Phi) is 6.45. The molecule has 0 radical (unpaired) electrons. The number of rotatable bonds is 6. The third-order valence-corrected chi connectivity index (χ3v) is 5.57. The van der Waals surface area contributed by atoms with Gasteiger partial charge < -0.3 is 39.1 Å². The molecule has 2 aromatic carbocycles. The molecule has 1 atom stereocenters. The minimum Gasteiger partial charge on any atom is -0.504 e. The molecule has 0 unspecified atom stereocenters. The lowest BCUT2D eigenvalue weighted by Crippen LogP contribution is -2.38. The van der Waals surface area contributed by atoms with Crippen LogP contribution in [0.5, 0.6) is 28.7 Å². The first-order valence-corrected chi connectivity index (χ1v) is 10.6. The van der Waals surface area contributed by atoms with Crippen LogP contribution in [0.1, 0.15) is 28.9 Å². The van der Waals surface area contributed by atoms with E-state index in [4.69, 9.17) is 18.6 Å². The monoisotopic (exact) mass is 494 g/mol. The van der Waals surface area contributed by atoms with Gasteiger partial charge in [-0.15, -0.1) is 0 Å². The summed E-state index contributed by atoms with van der Waals surface area (Å²) in [5.41, 5.74) is 0.298. The molecular weight excluding hydrogens is 472 g/mol. The summed E-state index contributed by atoms with van der Waals surface area (Å²) in [7, 11) is 2.50. The molecule has 10 heteroatoms. The zero-order chi connectivity index (χ0) is 26.0. The molecule has 4 N–H and O–H groups in total. The molecule has 0 fully saturated rings. The van der Waals surface area contributed by atoms with E-state index in [1.54, 1.807) is 12.1 Å². The number of carbonyl (C=O) groups is 1. The summed E-state index contributed by atoms with van der Waals surface area (Å²) in [5.74, 6) is -3.50. The SMILES string of the molecule is COC(=O)C[C@@]1(OC)Oc2cc(/C=C/c3ccc(O)c(O)c3)oc(=O)c2/C1=C/c1ccc(O)c(O)c1. The van der Waals surface area contributed by atoms with Gasteiger partial charge in [-0.2, -0.15) is 0 Å². The number of esters is 1. The average Bonchev–Trinajstić information content (AvgIpc) is 3.15. The third kappa shape index (κ3) is 4.62. The lowest BCUT2D eigenvalue weighted by molar-refractivity contribution is -0.159. The first kappa shape index (κ1) is 24.4. The normalized spacial score (nSPS) is 17.8. The second kappa shape index (κ2) is 9.51. The van der Waals surface area contributed by atoms with Crippen LogP contribution in [0, 0.1) is 0 Å². The number of hydrogen-bond acceptors (Lipinski definition) is 10. The molecule has 36 heavy (non-hydrogen) atoms. The lowest BCUT2D eigenvalue weighted by Gasteiger charge is -2.27. The quantitative estimate of drug-likeness (QED) is 0.296. The Morgan fingerprint density at radius 3 is 2.17 bits per heavy atom. The average molecular weight is 494 g/mol. The van der Waals surface area contributed by atoms with Crippen LogP contribution >= 0.6 is 0 Å². The molecule has 4 rings (SSSR count). The highest BCUT2D eigenvalue weighted by molar-refractivity contribution is 5.92. The van der Waals surface area contributed by atoms with Crippen molar-refractivity contribution in [3.8, 4) is 28.7 Å². The number of carbonyl (C=O) groups excluding carboxylic acids is 1. The van der Waals surface area contributed by atoms with Crippen LogP contribution in [0.2, 0.25) is 0 Å². The van der Waals surface area contributed by atoms with Gasteiger partial charge in [-0.25, -0.2) is 4.79 Å². The van der Waals surface area contributed by atoms with E-state index in [9.17, 15) is 30.0 Å². The molecule has 0 spiro atoms. The Bertz CT molecular complexity index is 1450. The van der Waals surface area contributed by atoms with Crippen molar-refractivity contribution < 1.29 is 43.8 Å². The van der Waals surface area contributed by atoms with Crippen LogP contribution in [0.25, 0.3) is 23.8 Å². The highest BCUT2D eigenvalue weighted by atomic mass is 16.7. The number of ether oxygens (including phenoxy) is 3. The molecule has 0 aliphatic carbocycles. The summed E-state index contributed by atoms with van der Waals surface area (Å²) >= 11 is 0. The standard InChI is InChI=1S/C26H22O10/c1-33-23(31)13-26(34-2)17(9-15-5-8-19(28)21(30)11-15)24-22(36-26)12-16(35-25(24)32)6-3-14-4-7-18(27)20(29)10-14/h3-12,27-30H,13H2,1-2H3/b6-3+,17-9-/t26-/m1/s1. The molecule has 0 bridgehead atoms. The van der Waals surface area contributed by atoms with Gasteiger partial charge in [0.25, 0.3) is 0 Å². The van der Waals surface area contributed by atoms with Gasteiger partial charge in [0.15, 0.2) is 23.0 Å². The summed E-state index contributed by atoms with van der Waals surface area (Å²) in [4.78, 5) is 25.3. The molecule has 10 nitrogen and oxygen atoms in total. The maximum absolute atomic E-state index is 13.1. The maximum Gasteiger partial charge on any atom is 0.347 e. The summed E-state index contributed by atoms with van der Waals surface area (Å²) < 4.78 is 21.8. The minimum atomic E-state index is -1.73. The van der Waals surface area contributed by atoms with Crippen LogP contribution in [0.3, 0.4) is 0 Å². The molecule has 1 aliphatic rings. The van der Waals surface area contributed by atoms with Crippen molar-refractivity contribution in [2.24, 2.45) is 0 Å². The van der Waals surface area contributed by atoms with Crippen LogP contribution in [-0.4, -0.2) is 46.4 Å². The highest BCUT2D eigenvalue weighted by Gasteiger charge is 2.49. The predicted molar refractivity (Wildman–Crippen MR) is 128 cm³/mol. The predicted octanol–water partition coefficient (Wildman–Crippen LogP) is 3.47. The summed E-state index contributed by atoms with van der Waals surface area (Å²) in [6.45, 7) is 0. The summed E-state index contributed by atoms with van der Waals surface area (Å²) in [6.07, 6.45) is 4.09. The summed E-state index contributed by atoms with van der Waals surface area (Å²) in [6, 6.07) is 9.66. The molecule has 1 aliphatic heterocycles. The fourth-order valence-electron chi connectivity index (χ4n) is 3.74. The number of phenols is 4. The van der Waals surface area contributed by atoms with Gasteiger partial charge in [0, 0.05) is 18.7 Å². The molecular formula is C26H22O10. The van der Waals surface area contributed by atoms with E-state index in [0.717, 1.165) is 0 Å². The van der Waals surface area contributed by atoms with Gasteiger partial charge >= 0.3 is 11.6 Å². The second-order valence-electron chi connectivity index (χ2n) is 7.88. The van der Waals surface area contributed by atoms with Crippen molar-refractivity contribution in [3.05, 3.63) is 75.3 Å². The van der Waals surface area contributed by atoms with E-state index < -0.39 is 23.8 Å². The maximum atomic E-state index is 13.1. The fourth-order valence-corrected chi connectivity index (χ4v) is 3.74. The van der Waals surface area contributed by atoms with Crippen LogP contribution in [-0.2, 0) is 14.3 Å². The molecule has 186 valence electrons. The first-order valence-electron chi connectivity index (χ1n) is 10.6. The second-order valence-corrected chi connectivity index (χ2v) is 7.88. The number of benzene rings is 2. The van der Waals surface area contributed by atoms with E-state index >= 15 is 0 Å². The van der Waals surface area contributed by atoms with Crippen molar-refractivity contribution in [1.82, 2.24) is 0 Å². The Morgan fingerprint density at radius 2 is 1.56 bits per heavy atom. The Balaban J connectivity index is 1.81. The Hall–Kier alpha value is -4.70. The molecule has 0 saturated heterocycles. The molecule has 3 aromatic rings. The van der Waals surface area contributed by atoms with Gasteiger partial charge in [0.2, 0.25) is 5.79 Å². The topological polar surface area (TPSA) is 156 Å². The number of fused-ring (bicyclic) bond motifs is 1. The van der Waals surface area contributed by atoms with Gasteiger partial charge in [-0.1, -0.05) is 18.2 Å². The molecule has 2 heterocycles. The third-order valence-electron chi connectivity index (χ3n) is 5.57.